The highest BCUT2D eigenvalue weighted by Crippen LogP contribution is 2.33. The fraction of sp³-hybridized carbons (Fsp3) is 0.458. The molecule has 0 aliphatic carbocycles. The van der Waals surface area contributed by atoms with Crippen molar-refractivity contribution in [1.29, 1.82) is 0 Å². The first-order chi connectivity index (χ1) is 15.5. The van der Waals surface area contributed by atoms with Gasteiger partial charge < -0.3 is 4.90 Å². The van der Waals surface area contributed by atoms with Gasteiger partial charge in [-0.2, -0.15) is 0 Å². The minimum Gasteiger partial charge on any atom is -0.322 e. The molecular weight excluding hydrogens is 406 g/mol. The van der Waals surface area contributed by atoms with E-state index in [1.807, 2.05) is 25.4 Å². The molecule has 0 saturated carbocycles. The van der Waals surface area contributed by atoms with Crippen molar-refractivity contribution < 1.29 is 14.4 Å². The molecule has 3 aliphatic heterocycles. The zero-order valence-corrected chi connectivity index (χ0v) is 18.2. The van der Waals surface area contributed by atoms with Crippen LogP contribution in [0.4, 0.5) is 0 Å². The molecule has 1 N–H and O–H groups in total. The van der Waals surface area contributed by atoms with Gasteiger partial charge in [0.25, 0.3) is 5.91 Å². The zero-order chi connectivity index (χ0) is 22.2. The van der Waals surface area contributed by atoms with Crippen LogP contribution >= 0.6 is 0 Å². The van der Waals surface area contributed by atoms with Crippen LogP contribution in [0.5, 0.6) is 0 Å². The van der Waals surface area contributed by atoms with Crippen LogP contribution in [-0.2, 0) is 22.7 Å². The summed E-state index contributed by atoms with van der Waals surface area (Å²) >= 11 is 0. The minimum absolute atomic E-state index is 0.115. The van der Waals surface area contributed by atoms with Crippen molar-refractivity contribution in [3.63, 3.8) is 0 Å². The Hall–Kier alpha value is -3.13. The molecular formula is C24H27N5O3. The highest BCUT2D eigenvalue weighted by atomic mass is 16.2. The summed E-state index contributed by atoms with van der Waals surface area (Å²) in [5.41, 5.74) is 4.06. The van der Waals surface area contributed by atoms with Gasteiger partial charge in [0.2, 0.25) is 11.8 Å². The third kappa shape index (κ3) is 4.02. The fourth-order valence-corrected chi connectivity index (χ4v) is 5.03. The Kier molecular flexibility index (Phi) is 5.46. The number of nitrogens with zero attached hydrogens (tertiary/aromatic N) is 4. The van der Waals surface area contributed by atoms with E-state index in [1.54, 1.807) is 4.90 Å². The van der Waals surface area contributed by atoms with Crippen LogP contribution in [0.1, 0.15) is 64.5 Å². The quantitative estimate of drug-likeness (QED) is 0.741. The number of amides is 3. The number of rotatable bonds is 4. The molecule has 1 unspecified atom stereocenters. The monoisotopic (exact) mass is 433 g/mol. The smallest absolute Gasteiger partial charge is 0.255 e. The number of likely N-dealkylation sites (tertiary alicyclic amines) is 1. The van der Waals surface area contributed by atoms with Gasteiger partial charge in [-0.15, -0.1) is 0 Å². The molecule has 0 bridgehead atoms. The molecule has 2 aromatic rings. The van der Waals surface area contributed by atoms with E-state index in [1.165, 1.54) is 5.56 Å². The number of carbonyl (C=O) groups is 3. The van der Waals surface area contributed by atoms with Crippen molar-refractivity contribution in [3.05, 3.63) is 58.7 Å². The highest BCUT2D eigenvalue weighted by molar-refractivity contribution is 6.05. The average molecular weight is 434 g/mol. The Morgan fingerprint density at radius 2 is 1.81 bits per heavy atom. The minimum atomic E-state index is -0.565. The summed E-state index contributed by atoms with van der Waals surface area (Å²) in [6.07, 6.45) is 6.60. The fourth-order valence-electron chi connectivity index (χ4n) is 5.03. The molecule has 8 heteroatoms. The van der Waals surface area contributed by atoms with Crippen LogP contribution in [0.3, 0.4) is 0 Å². The molecule has 5 rings (SSSR count). The van der Waals surface area contributed by atoms with Crippen LogP contribution in [-0.4, -0.2) is 56.6 Å². The summed E-state index contributed by atoms with van der Waals surface area (Å²) in [5.74, 6) is 0.508. The number of carbonyl (C=O) groups excluding carboxylic acids is 3. The molecule has 0 radical (unpaired) electrons. The number of hydrogen-bond donors (Lipinski definition) is 1. The van der Waals surface area contributed by atoms with Gasteiger partial charge in [0.1, 0.15) is 11.9 Å². The molecule has 2 saturated heterocycles. The molecule has 3 aliphatic rings. The molecule has 1 aromatic heterocycles. The van der Waals surface area contributed by atoms with Crippen LogP contribution < -0.4 is 5.32 Å². The SMILES string of the molecule is Cc1ncc(CN2CCC(c3ccc4c(c3)CN(C3CCC(=O)NC3=O)C4=O)CC2)cn1. The van der Waals surface area contributed by atoms with E-state index in [2.05, 4.69) is 32.3 Å². The first-order valence-corrected chi connectivity index (χ1v) is 11.3. The van der Waals surface area contributed by atoms with E-state index in [9.17, 15) is 14.4 Å². The van der Waals surface area contributed by atoms with E-state index in [4.69, 9.17) is 0 Å². The Labute approximate surface area is 187 Å². The number of piperidine rings is 2. The maximum atomic E-state index is 12.9. The Morgan fingerprint density at radius 3 is 2.53 bits per heavy atom. The van der Waals surface area contributed by atoms with Gasteiger partial charge in [-0.3, -0.25) is 24.6 Å². The number of nitrogens with one attached hydrogen (secondary N) is 1. The summed E-state index contributed by atoms with van der Waals surface area (Å²) in [7, 11) is 0. The average Bonchev–Trinajstić information content (AvgIpc) is 3.11. The van der Waals surface area contributed by atoms with Crippen LogP contribution in [0.2, 0.25) is 0 Å². The molecule has 32 heavy (non-hydrogen) atoms. The Morgan fingerprint density at radius 1 is 1.06 bits per heavy atom. The maximum absolute atomic E-state index is 12.9. The van der Waals surface area contributed by atoms with Gasteiger partial charge in [0.15, 0.2) is 0 Å². The maximum Gasteiger partial charge on any atom is 0.255 e. The number of fused-ring (bicyclic) bond motifs is 1. The number of benzene rings is 1. The molecule has 1 atom stereocenters. The summed E-state index contributed by atoms with van der Waals surface area (Å²) in [5, 5.41) is 2.36. The Balaban J connectivity index is 1.22. The second-order valence-electron chi connectivity index (χ2n) is 9.01. The Bertz CT molecular complexity index is 1060. The third-order valence-electron chi connectivity index (χ3n) is 6.85. The van der Waals surface area contributed by atoms with E-state index in [0.29, 0.717) is 24.4 Å². The van der Waals surface area contributed by atoms with Crippen LogP contribution in [0.25, 0.3) is 0 Å². The lowest BCUT2D eigenvalue weighted by Crippen LogP contribution is -2.52. The number of hydrogen-bond acceptors (Lipinski definition) is 6. The number of aryl methyl sites for hydroxylation is 1. The van der Waals surface area contributed by atoms with Crippen molar-refractivity contribution in [1.82, 2.24) is 25.1 Å². The van der Waals surface area contributed by atoms with Crippen molar-refractivity contribution in [2.24, 2.45) is 0 Å². The standard InChI is InChI=1S/C24H27N5O3/c1-15-25-11-16(12-26-15)13-28-8-6-17(7-9-28)18-2-3-20-19(10-18)14-29(24(20)32)21-4-5-22(30)27-23(21)31/h2-3,10-12,17,21H,4-9,13-14H2,1H3,(H,27,30,31). The largest absolute Gasteiger partial charge is 0.322 e. The summed E-state index contributed by atoms with van der Waals surface area (Å²) < 4.78 is 0. The first-order valence-electron chi connectivity index (χ1n) is 11.3. The normalized spacial score (nSPS) is 22.2. The zero-order valence-electron chi connectivity index (χ0n) is 18.2. The summed E-state index contributed by atoms with van der Waals surface area (Å²) in [6, 6.07) is 5.56. The van der Waals surface area contributed by atoms with Gasteiger partial charge in [0, 0.05) is 43.0 Å². The molecule has 2 fully saturated rings. The van der Waals surface area contributed by atoms with Gasteiger partial charge in [-0.1, -0.05) is 12.1 Å². The van der Waals surface area contributed by atoms with E-state index in [0.717, 1.165) is 49.4 Å². The van der Waals surface area contributed by atoms with E-state index < -0.39 is 6.04 Å². The number of aromatic nitrogens is 2. The van der Waals surface area contributed by atoms with Gasteiger partial charge in [-0.05, 0) is 62.4 Å². The van der Waals surface area contributed by atoms with Gasteiger partial charge >= 0.3 is 0 Å². The van der Waals surface area contributed by atoms with Crippen molar-refractivity contribution in [3.8, 4) is 0 Å². The molecule has 1 aromatic carbocycles. The van der Waals surface area contributed by atoms with Gasteiger partial charge in [-0.25, -0.2) is 9.97 Å². The second kappa shape index (κ2) is 8.43. The van der Waals surface area contributed by atoms with Gasteiger partial charge in [0.05, 0.1) is 0 Å². The van der Waals surface area contributed by atoms with Crippen molar-refractivity contribution in [2.75, 3.05) is 13.1 Å². The molecule has 0 spiro atoms. The lowest BCUT2D eigenvalue weighted by atomic mass is 9.88. The first kappa shape index (κ1) is 20.8. The predicted octanol–water partition coefficient (Wildman–Crippen LogP) is 1.93. The predicted molar refractivity (Wildman–Crippen MR) is 117 cm³/mol. The lowest BCUT2D eigenvalue weighted by Gasteiger charge is -2.32. The topological polar surface area (TPSA) is 95.5 Å². The molecule has 4 heterocycles. The number of imide groups is 1. The molecule has 166 valence electrons. The second-order valence-corrected chi connectivity index (χ2v) is 9.01. The van der Waals surface area contributed by atoms with E-state index in [-0.39, 0.29) is 24.1 Å². The molecule has 3 amide bonds. The van der Waals surface area contributed by atoms with Crippen molar-refractivity contribution >= 4 is 17.7 Å². The summed E-state index contributed by atoms with van der Waals surface area (Å²) in [4.78, 5) is 49.2. The summed E-state index contributed by atoms with van der Waals surface area (Å²) in [6.45, 7) is 5.21. The third-order valence-corrected chi connectivity index (χ3v) is 6.85. The van der Waals surface area contributed by atoms with Crippen molar-refractivity contribution in [2.45, 2.75) is 57.7 Å². The lowest BCUT2D eigenvalue weighted by molar-refractivity contribution is -0.136. The van der Waals surface area contributed by atoms with Crippen LogP contribution in [0.15, 0.2) is 30.6 Å². The highest BCUT2D eigenvalue weighted by Gasteiger charge is 2.39. The van der Waals surface area contributed by atoms with Crippen LogP contribution in [0, 0.1) is 6.92 Å². The van der Waals surface area contributed by atoms with E-state index >= 15 is 0 Å². The molecule has 8 nitrogen and oxygen atoms in total.